The lowest BCUT2D eigenvalue weighted by Gasteiger charge is -2.34. The van der Waals surface area contributed by atoms with Crippen molar-refractivity contribution >= 4 is 29.7 Å². The van der Waals surface area contributed by atoms with Crippen molar-refractivity contribution in [2.24, 2.45) is 0 Å². The van der Waals surface area contributed by atoms with E-state index in [4.69, 9.17) is 4.74 Å². The molecule has 2 amide bonds. The molecule has 0 aromatic heterocycles. The van der Waals surface area contributed by atoms with Crippen LogP contribution in [0.15, 0.2) is 48.5 Å². The van der Waals surface area contributed by atoms with Crippen LogP contribution in [-0.4, -0.2) is 65.2 Å². The van der Waals surface area contributed by atoms with Crippen LogP contribution < -0.4 is 5.32 Å². The minimum Gasteiger partial charge on any atom is -0.480 e. The number of carbonyl (C=O) groups excluding carboxylic acids is 2. The lowest BCUT2D eigenvalue weighted by atomic mass is 9.98. The summed E-state index contributed by atoms with van der Waals surface area (Å²) >= 11 is 1.54. The molecule has 0 heterocycles. The van der Waals surface area contributed by atoms with Crippen molar-refractivity contribution in [3.8, 4) is 11.1 Å². The predicted octanol–water partition coefficient (Wildman–Crippen LogP) is 3.97. The highest BCUT2D eigenvalue weighted by Gasteiger charge is 2.38. The van der Waals surface area contributed by atoms with Crippen LogP contribution in [-0.2, 0) is 14.3 Å². The number of hydrogen-bond acceptors (Lipinski definition) is 5. The fourth-order valence-corrected chi connectivity index (χ4v) is 4.40. The number of amides is 2. The van der Waals surface area contributed by atoms with Gasteiger partial charge in [-0.15, -0.1) is 0 Å². The van der Waals surface area contributed by atoms with E-state index in [-0.39, 0.29) is 12.5 Å². The van der Waals surface area contributed by atoms with E-state index in [1.54, 1.807) is 0 Å². The zero-order valence-electron chi connectivity index (χ0n) is 19.3. The number of likely N-dealkylation sites (N-methyl/N-ethyl adjacent to an activating group) is 1. The molecule has 2 aromatic carbocycles. The predicted molar refractivity (Wildman–Crippen MR) is 129 cm³/mol. The van der Waals surface area contributed by atoms with Gasteiger partial charge in [0.2, 0.25) is 5.91 Å². The maximum atomic E-state index is 13.0. The molecule has 7 nitrogen and oxygen atoms in total. The molecule has 1 aliphatic carbocycles. The van der Waals surface area contributed by atoms with Crippen LogP contribution in [0.5, 0.6) is 0 Å². The van der Waals surface area contributed by atoms with E-state index < -0.39 is 29.6 Å². The van der Waals surface area contributed by atoms with E-state index in [1.165, 1.54) is 32.7 Å². The number of nitrogens with zero attached hydrogens (tertiary/aromatic N) is 1. The fourth-order valence-electron chi connectivity index (χ4n) is 3.93. The zero-order valence-corrected chi connectivity index (χ0v) is 20.1. The Labute approximate surface area is 198 Å². The summed E-state index contributed by atoms with van der Waals surface area (Å²) < 4.78 is 5.57. The van der Waals surface area contributed by atoms with Gasteiger partial charge in [-0.1, -0.05) is 48.5 Å². The molecule has 0 spiro atoms. The molecule has 2 aromatic rings. The Morgan fingerprint density at radius 2 is 1.64 bits per heavy atom. The van der Waals surface area contributed by atoms with Crippen LogP contribution in [0.25, 0.3) is 11.1 Å². The van der Waals surface area contributed by atoms with Crippen molar-refractivity contribution in [1.82, 2.24) is 10.2 Å². The molecule has 0 fully saturated rings. The molecule has 0 saturated carbocycles. The van der Waals surface area contributed by atoms with Gasteiger partial charge >= 0.3 is 12.1 Å². The van der Waals surface area contributed by atoms with Gasteiger partial charge in [0.15, 0.2) is 0 Å². The molecule has 2 N–H and O–H groups in total. The molecule has 33 heavy (non-hydrogen) atoms. The molecule has 8 heteroatoms. The van der Waals surface area contributed by atoms with E-state index in [2.05, 4.69) is 17.4 Å². The zero-order chi connectivity index (χ0) is 24.2. The van der Waals surface area contributed by atoms with Crippen molar-refractivity contribution in [3.05, 3.63) is 59.7 Å². The number of carboxylic acids is 1. The maximum Gasteiger partial charge on any atom is 0.407 e. The number of ether oxygens (including phenoxy) is 1. The lowest BCUT2D eigenvalue weighted by Crippen LogP contribution is -2.57. The smallest absolute Gasteiger partial charge is 0.407 e. The van der Waals surface area contributed by atoms with Gasteiger partial charge in [-0.2, -0.15) is 11.8 Å². The molecule has 1 aliphatic rings. The third-order valence-corrected chi connectivity index (χ3v) is 6.88. The molecule has 176 valence electrons. The second-order valence-corrected chi connectivity index (χ2v) is 9.55. The first-order valence-electron chi connectivity index (χ1n) is 10.8. The lowest BCUT2D eigenvalue weighted by molar-refractivity contribution is -0.156. The van der Waals surface area contributed by atoms with Crippen molar-refractivity contribution in [2.75, 3.05) is 25.7 Å². The molecular weight excluding hydrogens is 440 g/mol. The van der Waals surface area contributed by atoms with E-state index >= 15 is 0 Å². The summed E-state index contributed by atoms with van der Waals surface area (Å²) in [5.74, 6) is -1.05. The first kappa shape index (κ1) is 24.6. The van der Waals surface area contributed by atoms with Crippen LogP contribution in [0.4, 0.5) is 4.79 Å². The van der Waals surface area contributed by atoms with Gasteiger partial charge in [-0.25, -0.2) is 9.59 Å². The number of carboxylic acid groups (broad SMARTS) is 1. The number of nitrogens with one attached hydrogen (secondary N) is 1. The molecule has 1 unspecified atom stereocenters. The highest BCUT2D eigenvalue weighted by atomic mass is 32.2. The van der Waals surface area contributed by atoms with E-state index in [0.29, 0.717) is 12.2 Å². The molecule has 0 radical (unpaired) electrons. The van der Waals surface area contributed by atoms with Crippen LogP contribution in [0.3, 0.4) is 0 Å². The monoisotopic (exact) mass is 470 g/mol. The summed E-state index contributed by atoms with van der Waals surface area (Å²) in [5.41, 5.74) is 3.06. The van der Waals surface area contributed by atoms with Crippen molar-refractivity contribution in [2.45, 2.75) is 37.8 Å². The Kier molecular flexibility index (Phi) is 7.68. The molecule has 3 rings (SSSR count). The molecule has 0 bridgehead atoms. The Bertz CT molecular complexity index is 993. The van der Waals surface area contributed by atoms with Gasteiger partial charge in [-0.05, 0) is 54.5 Å². The van der Waals surface area contributed by atoms with Crippen molar-refractivity contribution in [1.29, 1.82) is 0 Å². The van der Waals surface area contributed by atoms with Crippen LogP contribution >= 0.6 is 11.8 Å². The van der Waals surface area contributed by atoms with Gasteiger partial charge in [0.05, 0.1) is 0 Å². The van der Waals surface area contributed by atoms with Gasteiger partial charge in [-0.3, -0.25) is 4.79 Å². The number of aliphatic carboxylic acids is 1. The Balaban J connectivity index is 1.70. The number of rotatable bonds is 9. The number of alkyl carbamates (subject to hydrolysis) is 1. The Morgan fingerprint density at radius 1 is 1.09 bits per heavy atom. The minimum atomic E-state index is -1.41. The van der Waals surface area contributed by atoms with Gasteiger partial charge in [0.1, 0.15) is 18.2 Å². The summed E-state index contributed by atoms with van der Waals surface area (Å²) in [7, 11) is 1.43. The summed E-state index contributed by atoms with van der Waals surface area (Å²) in [5, 5.41) is 12.1. The second kappa shape index (κ2) is 10.3. The molecule has 0 aliphatic heterocycles. The number of carbonyl (C=O) groups is 3. The second-order valence-electron chi connectivity index (χ2n) is 8.57. The molecular formula is C25H30N2O5S. The largest absolute Gasteiger partial charge is 0.480 e. The van der Waals surface area contributed by atoms with Crippen molar-refractivity contribution in [3.63, 3.8) is 0 Å². The number of fused-ring (bicyclic) bond motifs is 3. The van der Waals surface area contributed by atoms with Crippen LogP contribution in [0, 0.1) is 0 Å². The van der Waals surface area contributed by atoms with Crippen LogP contribution in [0.2, 0.25) is 0 Å². The molecule has 1 atom stereocenters. The van der Waals surface area contributed by atoms with Crippen molar-refractivity contribution < 1.29 is 24.2 Å². The normalized spacial score (nSPS) is 13.6. The fraction of sp³-hybridized carbons (Fsp3) is 0.400. The summed E-state index contributed by atoms with van der Waals surface area (Å²) in [6, 6.07) is 15.2. The molecule has 0 saturated heterocycles. The van der Waals surface area contributed by atoms with Gasteiger partial charge in [0, 0.05) is 13.0 Å². The first-order valence-corrected chi connectivity index (χ1v) is 12.2. The van der Waals surface area contributed by atoms with Crippen LogP contribution in [0.1, 0.15) is 37.3 Å². The summed E-state index contributed by atoms with van der Waals surface area (Å²) in [6.45, 7) is 3.04. The van der Waals surface area contributed by atoms with Gasteiger partial charge < -0.3 is 20.1 Å². The van der Waals surface area contributed by atoms with E-state index in [1.807, 2.05) is 42.7 Å². The van der Waals surface area contributed by atoms with E-state index in [9.17, 15) is 19.5 Å². The average Bonchev–Trinajstić information content (AvgIpc) is 3.13. The highest BCUT2D eigenvalue weighted by Crippen LogP contribution is 2.44. The minimum absolute atomic E-state index is 0.0860. The SMILES string of the molecule is CSCCC(NC(=O)OCC1c2ccccc2-c2ccccc21)C(=O)N(C)C(C)(C)C(=O)O. The third-order valence-electron chi connectivity index (χ3n) is 6.24. The maximum absolute atomic E-state index is 13.0. The summed E-state index contributed by atoms with van der Waals surface area (Å²) in [6.07, 6.45) is 1.57. The average molecular weight is 471 g/mol. The number of benzene rings is 2. The Morgan fingerprint density at radius 3 is 2.15 bits per heavy atom. The third kappa shape index (κ3) is 5.16. The van der Waals surface area contributed by atoms with E-state index in [0.717, 1.165) is 27.2 Å². The Hall–Kier alpha value is -3.00. The topological polar surface area (TPSA) is 95.9 Å². The highest BCUT2D eigenvalue weighted by molar-refractivity contribution is 7.98. The first-order chi connectivity index (χ1) is 15.7. The summed E-state index contributed by atoms with van der Waals surface area (Å²) in [4.78, 5) is 38.4. The quantitative estimate of drug-likeness (QED) is 0.576. The van der Waals surface area contributed by atoms with Gasteiger partial charge in [0.25, 0.3) is 0 Å². The number of hydrogen-bond donors (Lipinski definition) is 2. The standard InChI is InChI=1S/C25H30N2O5S/c1-25(2,23(29)30)27(3)22(28)21(13-14-33-4)26-24(31)32-15-20-18-11-7-5-9-16(18)17-10-6-8-12-19(17)20/h5-12,20-21H,13-15H2,1-4H3,(H,26,31)(H,29,30). The number of thioether (sulfide) groups is 1.